The van der Waals surface area contributed by atoms with Crippen LogP contribution in [-0.4, -0.2) is 18.5 Å². The summed E-state index contributed by atoms with van der Waals surface area (Å²) in [6.07, 6.45) is 6.91. The number of piperidine rings is 1. The van der Waals surface area contributed by atoms with Gasteiger partial charge >= 0.3 is 0 Å². The zero-order valence-corrected chi connectivity index (χ0v) is 17.7. The highest BCUT2D eigenvalue weighted by atomic mass is 35.5. The minimum Gasteiger partial charge on any atom is -0.457 e. The molecule has 0 aliphatic carbocycles. The molecule has 1 aliphatic heterocycles. The fraction of sp³-hybridized carbons (Fsp3) is 0.240. The molecule has 1 aliphatic rings. The predicted octanol–water partition coefficient (Wildman–Crippen LogP) is 6.63. The summed E-state index contributed by atoms with van der Waals surface area (Å²) >= 11 is 5.92. The van der Waals surface area contributed by atoms with Crippen LogP contribution in [0.15, 0.2) is 71.2 Å². The first-order valence-corrected chi connectivity index (χ1v) is 10.7. The summed E-state index contributed by atoms with van der Waals surface area (Å²) < 4.78 is 5.79. The minimum absolute atomic E-state index is 0.196. The molecule has 1 amide bonds. The average molecular weight is 421 g/mol. The fourth-order valence-corrected chi connectivity index (χ4v) is 3.90. The molecule has 154 valence electrons. The maximum atomic E-state index is 12.3. The molecule has 1 N–H and O–H groups in total. The molecule has 1 unspecified atom stereocenters. The van der Waals surface area contributed by atoms with Crippen molar-refractivity contribution in [3.63, 3.8) is 0 Å². The Morgan fingerprint density at radius 1 is 1.07 bits per heavy atom. The largest absolute Gasteiger partial charge is 0.457 e. The van der Waals surface area contributed by atoms with Gasteiger partial charge in [0.25, 0.3) is 0 Å². The van der Waals surface area contributed by atoms with Crippen LogP contribution in [0.1, 0.15) is 31.9 Å². The number of amides is 1. The third kappa shape index (κ3) is 4.95. The highest BCUT2D eigenvalue weighted by molar-refractivity contribution is 6.30. The lowest BCUT2D eigenvalue weighted by Gasteiger charge is -2.35. The number of carbonyl (C=O) groups is 1. The molecule has 0 spiro atoms. The SMILES string of the molecule is CC1CCCCN1c1ccc(NC(=O)/C=C/c2ccc(-c3ccc(Cl)cc3)o2)cc1. The lowest BCUT2D eigenvalue weighted by atomic mass is 10.0. The first-order valence-electron chi connectivity index (χ1n) is 10.3. The van der Waals surface area contributed by atoms with E-state index >= 15 is 0 Å². The lowest BCUT2D eigenvalue weighted by molar-refractivity contribution is -0.111. The van der Waals surface area contributed by atoms with Gasteiger partial charge in [-0.05, 0) is 92.9 Å². The van der Waals surface area contributed by atoms with Crippen molar-refractivity contribution in [1.82, 2.24) is 0 Å². The van der Waals surface area contributed by atoms with Crippen LogP contribution in [0, 0.1) is 0 Å². The van der Waals surface area contributed by atoms with Crippen molar-refractivity contribution in [3.05, 3.63) is 77.5 Å². The second kappa shape index (κ2) is 9.23. The standard InChI is InChI=1S/C25H25ClN2O2/c1-18-4-2-3-17-28(18)22-11-9-21(10-12-22)27-25(29)16-14-23-13-15-24(30-23)19-5-7-20(26)8-6-19/h5-16,18H,2-4,17H2,1H3,(H,27,29)/b16-14+. The monoisotopic (exact) mass is 420 g/mol. The molecule has 1 saturated heterocycles. The average Bonchev–Trinajstić information content (AvgIpc) is 3.23. The van der Waals surface area contributed by atoms with Crippen molar-refractivity contribution < 1.29 is 9.21 Å². The Balaban J connectivity index is 1.35. The summed E-state index contributed by atoms with van der Waals surface area (Å²) in [6, 6.07) is 19.8. The van der Waals surface area contributed by atoms with E-state index in [4.69, 9.17) is 16.0 Å². The van der Waals surface area contributed by atoms with Crippen LogP contribution in [-0.2, 0) is 4.79 Å². The van der Waals surface area contributed by atoms with Gasteiger partial charge in [-0.1, -0.05) is 11.6 Å². The number of anilines is 2. The molecule has 0 radical (unpaired) electrons. The number of nitrogens with one attached hydrogen (secondary N) is 1. The molecule has 1 atom stereocenters. The maximum Gasteiger partial charge on any atom is 0.248 e. The molecule has 1 fully saturated rings. The summed E-state index contributed by atoms with van der Waals surface area (Å²) in [7, 11) is 0. The van der Waals surface area contributed by atoms with E-state index in [0.717, 1.165) is 23.6 Å². The number of rotatable bonds is 5. The summed E-state index contributed by atoms with van der Waals surface area (Å²) in [5, 5.41) is 3.58. The Morgan fingerprint density at radius 3 is 2.57 bits per heavy atom. The summed E-state index contributed by atoms with van der Waals surface area (Å²) in [5.41, 5.74) is 2.92. The van der Waals surface area contributed by atoms with Crippen LogP contribution in [0.2, 0.25) is 5.02 Å². The van der Waals surface area contributed by atoms with Crippen molar-refractivity contribution in [2.75, 3.05) is 16.8 Å². The van der Waals surface area contributed by atoms with E-state index < -0.39 is 0 Å². The fourth-order valence-electron chi connectivity index (χ4n) is 3.77. The van der Waals surface area contributed by atoms with Gasteiger partial charge < -0.3 is 14.6 Å². The molecule has 3 aromatic rings. The van der Waals surface area contributed by atoms with E-state index in [-0.39, 0.29) is 5.91 Å². The van der Waals surface area contributed by atoms with Crippen LogP contribution < -0.4 is 10.2 Å². The van der Waals surface area contributed by atoms with E-state index in [2.05, 4.69) is 29.3 Å². The molecule has 0 saturated carbocycles. The summed E-state index contributed by atoms with van der Waals surface area (Å²) in [4.78, 5) is 14.7. The van der Waals surface area contributed by atoms with Crippen LogP contribution >= 0.6 is 11.6 Å². The molecule has 4 nitrogen and oxygen atoms in total. The highest BCUT2D eigenvalue weighted by Crippen LogP contribution is 2.26. The van der Waals surface area contributed by atoms with E-state index in [0.29, 0.717) is 16.8 Å². The number of nitrogens with zero attached hydrogens (tertiary/aromatic N) is 1. The molecular formula is C25H25ClN2O2. The van der Waals surface area contributed by atoms with E-state index in [9.17, 15) is 4.79 Å². The van der Waals surface area contributed by atoms with Gasteiger partial charge in [-0.2, -0.15) is 0 Å². The lowest BCUT2D eigenvalue weighted by Crippen LogP contribution is -2.37. The van der Waals surface area contributed by atoms with Gasteiger partial charge in [-0.25, -0.2) is 0 Å². The van der Waals surface area contributed by atoms with Gasteiger partial charge in [0.2, 0.25) is 5.91 Å². The Labute approximate surface area is 182 Å². The zero-order chi connectivity index (χ0) is 20.9. The van der Waals surface area contributed by atoms with Crippen LogP contribution in [0.4, 0.5) is 11.4 Å². The Morgan fingerprint density at radius 2 is 1.83 bits per heavy atom. The highest BCUT2D eigenvalue weighted by Gasteiger charge is 2.18. The number of benzene rings is 2. The van der Waals surface area contributed by atoms with Gasteiger partial charge in [0.05, 0.1) is 0 Å². The topological polar surface area (TPSA) is 45.5 Å². The Bertz CT molecular complexity index is 1020. The third-order valence-electron chi connectivity index (χ3n) is 5.42. The van der Waals surface area contributed by atoms with Gasteiger partial charge in [0.15, 0.2) is 0 Å². The van der Waals surface area contributed by atoms with Gasteiger partial charge in [-0.3, -0.25) is 4.79 Å². The first-order chi connectivity index (χ1) is 14.6. The number of hydrogen-bond acceptors (Lipinski definition) is 3. The molecule has 5 heteroatoms. The Kier molecular flexibility index (Phi) is 6.24. The smallest absolute Gasteiger partial charge is 0.248 e. The van der Waals surface area contributed by atoms with Crippen LogP contribution in [0.25, 0.3) is 17.4 Å². The minimum atomic E-state index is -0.196. The number of carbonyl (C=O) groups excluding carboxylic acids is 1. The molecular weight excluding hydrogens is 396 g/mol. The summed E-state index contributed by atoms with van der Waals surface area (Å²) in [6.45, 7) is 3.36. The van der Waals surface area contributed by atoms with Crippen LogP contribution in [0.5, 0.6) is 0 Å². The summed E-state index contributed by atoms with van der Waals surface area (Å²) in [5.74, 6) is 1.15. The van der Waals surface area contributed by atoms with E-state index in [1.54, 1.807) is 6.08 Å². The first kappa shape index (κ1) is 20.3. The molecule has 4 rings (SSSR count). The van der Waals surface area contributed by atoms with Gasteiger partial charge in [0.1, 0.15) is 11.5 Å². The van der Waals surface area contributed by atoms with Crippen molar-refractivity contribution in [1.29, 1.82) is 0 Å². The van der Waals surface area contributed by atoms with Gasteiger partial charge in [0, 0.05) is 40.6 Å². The third-order valence-corrected chi connectivity index (χ3v) is 5.68. The molecule has 30 heavy (non-hydrogen) atoms. The second-order valence-electron chi connectivity index (χ2n) is 7.62. The molecule has 2 aromatic carbocycles. The number of halogens is 1. The van der Waals surface area contributed by atoms with E-state index in [1.807, 2.05) is 48.5 Å². The second-order valence-corrected chi connectivity index (χ2v) is 8.05. The van der Waals surface area contributed by atoms with Gasteiger partial charge in [-0.15, -0.1) is 0 Å². The van der Waals surface area contributed by atoms with Crippen molar-refractivity contribution >= 4 is 35.0 Å². The molecule has 0 bridgehead atoms. The predicted molar refractivity (Wildman–Crippen MR) is 124 cm³/mol. The molecule has 2 heterocycles. The van der Waals surface area contributed by atoms with Crippen molar-refractivity contribution in [2.45, 2.75) is 32.2 Å². The Hall–Kier alpha value is -2.98. The van der Waals surface area contributed by atoms with Crippen molar-refractivity contribution in [2.24, 2.45) is 0 Å². The number of furan rings is 1. The number of hydrogen-bond donors (Lipinski definition) is 1. The van der Waals surface area contributed by atoms with Crippen LogP contribution in [0.3, 0.4) is 0 Å². The maximum absolute atomic E-state index is 12.3. The normalized spacial score (nSPS) is 16.7. The molecule has 1 aromatic heterocycles. The quantitative estimate of drug-likeness (QED) is 0.471. The van der Waals surface area contributed by atoms with Crippen molar-refractivity contribution in [3.8, 4) is 11.3 Å². The zero-order valence-electron chi connectivity index (χ0n) is 17.0. The van der Waals surface area contributed by atoms with E-state index in [1.165, 1.54) is 31.0 Å².